The van der Waals surface area contributed by atoms with E-state index in [-0.39, 0.29) is 41.2 Å². The number of nitrogens with zero attached hydrogens (tertiary/aromatic N) is 3. The summed E-state index contributed by atoms with van der Waals surface area (Å²) in [6.07, 6.45) is 7.37. The first-order valence-electron chi connectivity index (χ1n) is 8.01. The van der Waals surface area contributed by atoms with E-state index in [1.807, 2.05) is 0 Å². The van der Waals surface area contributed by atoms with Gasteiger partial charge in [0.15, 0.2) is 0 Å². The summed E-state index contributed by atoms with van der Waals surface area (Å²) < 4.78 is 0.476. The lowest BCUT2D eigenvalue weighted by Crippen LogP contribution is -2.38. The third kappa shape index (κ3) is 2.52. The number of fused-ring (bicyclic) bond motifs is 1. The fraction of sp³-hybridized carbons (Fsp3) is 0.353. The van der Waals surface area contributed by atoms with E-state index in [2.05, 4.69) is 33.2 Å². The number of halogens is 1. The molecule has 0 N–H and O–H groups in total. The molecule has 2 amide bonds. The summed E-state index contributed by atoms with van der Waals surface area (Å²) in [5, 5.41) is 15.8. The predicted octanol–water partition coefficient (Wildman–Crippen LogP) is 2.89. The van der Waals surface area contributed by atoms with Crippen LogP contribution in [0.5, 0.6) is 0 Å². The number of carbonyl (C=O) groups is 2. The fourth-order valence-electron chi connectivity index (χ4n) is 4.03. The number of carbonyl (C=O) groups excluding carboxylic acids is 2. The Labute approximate surface area is 151 Å². The first-order chi connectivity index (χ1) is 12.0. The van der Waals surface area contributed by atoms with Crippen molar-refractivity contribution in [3.63, 3.8) is 0 Å². The van der Waals surface area contributed by atoms with Crippen LogP contribution in [0.15, 0.2) is 39.9 Å². The van der Waals surface area contributed by atoms with Crippen LogP contribution in [-0.2, 0) is 9.59 Å². The minimum Gasteiger partial charge on any atom is -0.272 e. The number of hydrogen-bond acceptors (Lipinski definition) is 5. The highest BCUT2D eigenvalue weighted by Crippen LogP contribution is 2.49. The smallest absolute Gasteiger partial charge is 0.270 e. The SMILES string of the molecule is O=C1[C@@H]2[C@@H](C(=O)N1/N=C\c1ccc([N+](=O)[O-])cc1Br)[C@H]1C=C[C@H]2CC1. The summed E-state index contributed by atoms with van der Waals surface area (Å²) in [6.45, 7) is 0. The Morgan fingerprint density at radius 2 is 1.76 bits per heavy atom. The molecule has 1 saturated carbocycles. The average Bonchev–Trinajstić information content (AvgIpc) is 2.88. The van der Waals surface area contributed by atoms with Crippen molar-refractivity contribution in [3.8, 4) is 0 Å². The van der Waals surface area contributed by atoms with Gasteiger partial charge in [-0.05, 0) is 46.7 Å². The number of hydrazone groups is 1. The van der Waals surface area contributed by atoms with Crippen LogP contribution in [0.1, 0.15) is 18.4 Å². The van der Waals surface area contributed by atoms with Gasteiger partial charge in [0.05, 0.1) is 23.0 Å². The Bertz CT molecular complexity index is 818. The number of allylic oxidation sites excluding steroid dienone is 2. The number of benzene rings is 1. The normalized spacial score (nSPS) is 30.4. The van der Waals surface area contributed by atoms with Crippen LogP contribution < -0.4 is 0 Å². The van der Waals surface area contributed by atoms with Crippen LogP contribution in [0.2, 0.25) is 0 Å². The highest BCUT2D eigenvalue weighted by molar-refractivity contribution is 9.10. The standard InChI is InChI=1S/C17H14BrN3O4/c18-13-7-12(21(24)25)6-5-11(13)8-19-20-16(22)14-9-1-2-10(4-3-9)15(14)17(20)23/h1-2,5-10,14-15H,3-4H2/b19-8-/t9-,10-,14-,15-/m0/s1. The van der Waals surface area contributed by atoms with Crippen molar-refractivity contribution in [2.75, 3.05) is 0 Å². The Kier molecular flexibility index (Phi) is 3.79. The van der Waals surface area contributed by atoms with Crippen LogP contribution in [-0.4, -0.2) is 28.0 Å². The average molecular weight is 404 g/mol. The molecule has 1 aliphatic heterocycles. The maximum atomic E-state index is 12.6. The van der Waals surface area contributed by atoms with Crippen LogP contribution in [0.4, 0.5) is 5.69 Å². The zero-order valence-electron chi connectivity index (χ0n) is 13.0. The van der Waals surface area contributed by atoms with Gasteiger partial charge in [0.2, 0.25) is 0 Å². The van der Waals surface area contributed by atoms with E-state index >= 15 is 0 Å². The predicted molar refractivity (Wildman–Crippen MR) is 92.6 cm³/mol. The topological polar surface area (TPSA) is 92.9 Å². The van der Waals surface area contributed by atoms with E-state index in [9.17, 15) is 19.7 Å². The first-order valence-corrected chi connectivity index (χ1v) is 8.80. The number of amides is 2. The molecular weight excluding hydrogens is 390 g/mol. The molecule has 0 aromatic heterocycles. The highest BCUT2D eigenvalue weighted by atomic mass is 79.9. The van der Waals surface area contributed by atoms with Crippen LogP contribution >= 0.6 is 15.9 Å². The molecule has 2 bridgehead atoms. The van der Waals surface area contributed by atoms with Gasteiger partial charge in [-0.3, -0.25) is 19.7 Å². The van der Waals surface area contributed by atoms with Gasteiger partial charge >= 0.3 is 0 Å². The van der Waals surface area contributed by atoms with Gasteiger partial charge in [-0.1, -0.05) is 12.2 Å². The summed E-state index contributed by atoms with van der Waals surface area (Å²) >= 11 is 3.25. The second kappa shape index (κ2) is 5.87. The van der Waals surface area contributed by atoms with Crippen molar-refractivity contribution in [2.24, 2.45) is 28.8 Å². The van der Waals surface area contributed by atoms with Gasteiger partial charge < -0.3 is 0 Å². The van der Waals surface area contributed by atoms with Crippen molar-refractivity contribution in [2.45, 2.75) is 12.8 Å². The minimum absolute atomic E-state index is 0.0500. The second-order valence-corrected chi connectivity index (χ2v) is 7.39. The largest absolute Gasteiger partial charge is 0.272 e. The minimum atomic E-state index is -0.493. The maximum absolute atomic E-state index is 12.6. The monoisotopic (exact) mass is 403 g/mol. The summed E-state index contributed by atoms with van der Waals surface area (Å²) in [6, 6.07) is 4.23. The Morgan fingerprint density at radius 3 is 2.24 bits per heavy atom. The Morgan fingerprint density at radius 1 is 1.16 bits per heavy atom. The molecule has 0 radical (unpaired) electrons. The third-order valence-electron chi connectivity index (χ3n) is 5.24. The highest BCUT2D eigenvalue weighted by Gasteiger charge is 2.56. The summed E-state index contributed by atoms with van der Waals surface area (Å²) in [5.74, 6) is -0.843. The zero-order chi connectivity index (χ0) is 17.7. The molecule has 2 fully saturated rings. The van der Waals surface area contributed by atoms with E-state index in [1.165, 1.54) is 24.4 Å². The number of hydrogen-bond donors (Lipinski definition) is 0. The van der Waals surface area contributed by atoms with Crippen LogP contribution in [0.3, 0.4) is 0 Å². The molecule has 7 nitrogen and oxygen atoms in total. The molecule has 128 valence electrons. The van der Waals surface area contributed by atoms with Gasteiger partial charge in [0, 0.05) is 22.2 Å². The second-order valence-electron chi connectivity index (χ2n) is 6.54. The molecule has 8 heteroatoms. The van der Waals surface area contributed by atoms with E-state index < -0.39 is 4.92 Å². The van der Waals surface area contributed by atoms with Crippen LogP contribution in [0, 0.1) is 33.8 Å². The molecule has 5 rings (SSSR count). The molecular formula is C17H14BrN3O4. The van der Waals surface area contributed by atoms with Crippen molar-refractivity contribution >= 4 is 39.6 Å². The van der Waals surface area contributed by atoms with Crippen molar-refractivity contribution in [1.82, 2.24) is 5.01 Å². The molecule has 1 heterocycles. The van der Waals surface area contributed by atoms with Gasteiger partial charge in [-0.25, -0.2) is 0 Å². The van der Waals surface area contributed by atoms with E-state index in [4.69, 9.17) is 0 Å². The molecule has 25 heavy (non-hydrogen) atoms. The third-order valence-corrected chi connectivity index (χ3v) is 5.93. The number of imide groups is 1. The lowest BCUT2D eigenvalue weighted by molar-refractivity contribution is -0.384. The molecule has 1 saturated heterocycles. The van der Waals surface area contributed by atoms with E-state index in [0.717, 1.165) is 17.9 Å². The maximum Gasteiger partial charge on any atom is 0.270 e. The number of nitro groups is 1. The van der Waals surface area contributed by atoms with Gasteiger partial charge in [0.1, 0.15) is 0 Å². The number of non-ortho nitro benzene ring substituents is 1. The quantitative estimate of drug-likeness (QED) is 0.255. The fourth-order valence-corrected chi connectivity index (χ4v) is 4.50. The van der Waals surface area contributed by atoms with Gasteiger partial charge in [0.25, 0.3) is 17.5 Å². The number of rotatable bonds is 3. The van der Waals surface area contributed by atoms with E-state index in [1.54, 1.807) is 0 Å². The summed E-state index contributed by atoms with van der Waals surface area (Å²) in [4.78, 5) is 35.6. The van der Waals surface area contributed by atoms with Gasteiger partial charge in [-0.15, -0.1) is 0 Å². The van der Waals surface area contributed by atoms with E-state index in [0.29, 0.717) is 10.0 Å². The van der Waals surface area contributed by atoms with Gasteiger partial charge in [-0.2, -0.15) is 10.1 Å². The Balaban J connectivity index is 1.59. The summed E-state index contributed by atoms with van der Waals surface area (Å²) in [5.41, 5.74) is 0.508. The first kappa shape index (κ1) is 16.1. The van der Waals surface area contributed by atoms with Crippen molar-refractivity contribution in [3.05, 3.63) is 50.5 Å². The molecule has 4 atom stereocenters. The molecule has 1 aromatic rings. The zero-order valence-corrected chi connectivity index (χ0v) is 14.6. The molecule has 0 spiro atoms. The molecule has 4 aliphatic rings. The molecule has 1 aromatic carbocycles. The summed E-state index contributed by atoms with van der Waals surface area (Å²) in [7, 11) is 0. The van der Waals surface area contributed by atoms with Crippen molar-refractivity contribution < 1.29 is 14.5 Å². The molecule has 0 unspecified atom stereocenters. The van der Waals surface area contributed by atoms with Crippen LogP contribution in [0.25, 0.3) is 0 Å². The molecule has 3 aliphatic carbocycles. The lowest BCUT2D eigenvalue weighted by atomic mass is 9.63. The Hall–Kier alpha value is -2.35. The lowest BCUT2D eigenvalue weighted by Gasteiger charge is -2.37. The number of nitro benzene ring substituents is 1. The van der Waals surface area contributed by atoms with Crippen molar-refractivity contribution in [1.29, 1.82) is 0 Å².